The first kappa shape index (κ1) is 19.6. The molecule has 4 heteroatoms. The van der Waals surface area contributed by atoms with Gasteiger partial charge in [-0.1, -0.05) is 76.2 Å². The molecule has 0 radical (unpaired) electrons. The van der Waals surface area contributed by atoms with Gasteiger partial charge in [-0.3, -0.25) is 9.36 Å². The lowest BCUT2D eigenvalue weighted by atomic mass is 9.87. The molecular formula is C25H26N2OS. The van der Waals surface area contributed by atoms with E-state index in [4.69, 9.17) is 0 Å². The summed E-state index contributed by atoms with van der Waals surface area (Å²) in [4.78, 5) is 18.6. The molecule has 3 nitrogen and oxygen atoms in total. The van der Waals surface area contributed by atoms with Crippen LogP contribution >= 0.6 is 11.3 Å². The van der Waals surface area contributed by atoms with Crippen molar-refractivity contribution in [1.29, 1.82) is 0 Å². The topological polar surface area (TPSA) is 34.9 Å². The third kappa shape index (κ3) is 3.90. The maximum absolute atomic E-state index is 13.3. The summed E-state index contributed by atoms with van der Waals surface area (Å²) >= 11 is 1.53. The smallest absolute Gasteiger partial charge is 0.263 e. The van der Waals surface area contributed by atoms with Crippen molar-refractivity contribution < 1.29 is 0 Å². The Morgan fingerprint density at radius 2 is 1.62 bits per heavy atom. The average molecular weight is 403 g/mol. The van der Waals surface area contributed by atoms with E-state index in [0.717, 1.165) is 27.9 Å². The molecule has 0 aliphatic heterocycles. The number of hydrogen-bond donors (Lipinski definition) is 0. The minimum atomic E-state index is 0.0192. The third-order valence-corrected chi connectivity index (χ3v) is 6.29. The van der Waals surface area contributed by atoms with Crippen molar-refractivity contribution in [1.82, 2.24) is 9.55 Å². The molecule has 4 aromatic rings. The number of hydrogen-bond acceptors (Lipinski definition) is 3. The molecule has 4 rings (SSSR count). The van der Waals surface area contributed by atoms with Crippen LogP contribution in [0.1, 0.15) is 44.4 Å². The van der Waals surface area contributed by atoms with Gasteiger partial charge >= 0.3 is 0 Å². The highest BCUT2D eigenvalue weighted by molar-refractivity contribution is 7.17. The molecule has 0 atom stereocenters. The van der Waals surface area contributed by atoms with Crippen LogP contribution in [0.3, 0.4) is 0 Å². The van der Waals surface area contributed by atoms with Crippen LogP contribution in [0.2, 0.25) is 0 Å². The molecule has 0 N–H and O–H groups in total. The van der Waals surface area contributed by atoms with Crippen molar-refractivity contribution in [3.05, 3.63) is 87.3 Å². The molecule has 0 saturated carbocycles. The van der Waals surface area contributed by atoms with Crippen molar-refractivity contribution in [2.45, 2.75) is 46.1 Å². The first-order valence-corrected chi connectivity index (χ1v) is 10.9. The lowest BCUT2D eigenvalue weighted by molar-refractivity contribution is 0.589. The van der Waals surface area contributed by atoms with Crippen LogP contribution in [-0.4, -0.2) is 9.55 Å². The van der Waals surface area contributed by atoms with E-state index in [-0.39, 0.29) is 11.0 Å². The van der Waals surface area contributed by atoms with E-state index in [1.165, 1.54) is 22.5 Å². The van der Waals surface area contributed by atoms with E-state index < -0.39 is 0 Å². The molecule has 0 fully saturated rings. The van der Waals surface area contributed by atoms with Crippen molar-refractivity contribution >= 4 is 21.6 Å². The Morgan fingerprint density at radius 3 is 2.24 bits per heavy atom. The van der Waals surface area contributed by atoms with E-state index in [1.54, 1.807) is 10.9 Å². The minimum Gasteiger partial charge on any atom is -0.294 e. The minimum absolute atomic E-state index is 0.0192. The predicted octanol–water partition coefficient (Wildman–Crippen LogP) is 6.03. The van der Waals surface area contributed by atoms with Crippen molar-refractivity contribution in [2.24, 2.45) is 0 Å². The molecule has 0 spiro atoms. The number of aryl methyl sites for hydroxylation is 1. The zero-order chi connectivity index (χ0) is 20.6. The monoisotopic (exact) mass is 402 g/mol. The van der Waals surface area contributed by atoms with Gasteiger partial charge in [-0.25, -0.2) is 4.98 Å². The predicted molar refractivity (Wildman–Crippen MR) is 123 cm³/mol. The Labute approximate surface area is 175 Å². The second-order valence-electron chi connectivity index (χ2n) is 8.50. The molecule has 0 aliphatic carbocycles. The molecule has 148 valence electrons. The second kappa shape index (κ2) is 7.60. The number of nitrogens with zero attached hydrogens (tertiary/aromatic N) is 2. The van der Waals surface area contributed by atoms with Gasteiger partial charge in [0.15, 0.2) is 0 Å². The first-order valence-electron chi connectivity index (χ1n) is 10.0. The highest BCUT2D eigenvalue weighted by Gasteiger charge is 2.15. The number of rotatable bonds is 4. The van der Waals surface area contributed by atoms with Crippen LogP contribution in [0.25, 0.3) is 21.3 Å². The molecule has 0 amide bonds. The second-order valence-corrected chi connectivity index (χ2v) is 9.36. The van der Waals surface area contributed by atoms with Gasteiger partial charge in [-0.2, -0.15) is 0 Å². The van der Waals surface area contributed by atoms with E-state index in [9.17, 15) is 4.79 Å². The fraction of sp³-hybridized carbons (Fsp3) is 0.280. The molecule has 0 saturated heterocycles. The van der Waals surface area contributed by atoms with Crippen molar-refractivity contribution in [3.63, 3.8) is 0 Å². The van der Waals surface area contributed by atoms with Crippen LogP contribution in [0, 0.1) is 0 Å². The summed E-state index contributed by atoms with van der Waals surface area (Å²) in [5.41, 5.74) is 5.87. The quantitative estimate of drug-likeness (QED) is 0.417. The standard InChI is InChI=1S/C25H26N2OS/c1-5-17-6-10-19(11-7-17)21-15-29-23-22(21)24(28)27(16-26-23)14-18-8-12-20(13-9-18)25(2,3)4/h6-13,15-16H,5,14H2,1-4H3. The molecule has 0 aliphatic rings. The van der Waals surface area contributed by atoms with Gasteiger partial charge in [0.1, 0.15) is 4.83 Å². The Balaban J connectivity index is 1.71. The van der Waals surface area contributed by atoms with Crippen molar-refractivity contribution in [3.8, 4) is 11.1 Å². The average Bonchev–Trinajstić information content (AvgIpc) is 3.15. The number of benzene rings is 2. The van der Waals surface area contributed by atoms with E-state index in [1.807, 2.05) is 5.38 Å². The van der Waals surface area contributed by atoms with E-state index in [2.05, 4.69) is 81.2 Å². The first-order chi connectivity index (χ1) is 13.9. The molecule has 0 unspecified atom stereocenters. The van der Waals surface area contributed by atoms with Gasteiger partial charge in [0.05, 0.1) is 18.3 Å². The number of fused-ring (bicyclic) bond motifs is 1. The molecule has 2 aromatic carbocycles. The fourth-order valence-corrected chi connectivity index (χ4v) is 4.43. The maximum Gasteiger partial charge on any atom is 0.263 e. The van der Waals surface area contributed by atoms with Gasteiger partial charge in [-0.05, 0) is 34.1 Å². The van der Waals surface area contributed by atoms with Crippen LogP contribution < -0.4 is 5.56 Å². The van der Waals surface area contributed by atoms with Gasteiger partial charge in [0.25, 0.3) is 5.56 Å². The summed E-state index contributed by atoms with van der Waals surface area (Å²) in [7, 11) is 0. The SMILES string of the molecule is CCc1ccc(-c2csc3ncn(Cc4ccc(C(C)(C)C)cc4)c(=O)c23)cc1. The zero-order valence-electron chi connectivity index (χ0n) is 17.4. The van der Waals surface area contributed by atoms with Gasteiger partial charge < -0.3 is 0 Å². The summed E-state index contributed by atoms with van der Waals surface area (Å²) in [5, 5.41) is 2.76. The van der Waals surface area contributed by atoms with Gasteiger partial charge in [-0.15, -0.1) is 11.3 Å². The largest absolute Gasteiger partial charge is 0.294 e. The lowest BCUT2D eigenvalue weighted by Gasteiger charge is -2.19. The van der Waals surface area contributed by atoms with Gasteiger partial charge in [0.2, 0.25) is 0 Å². The fourth-order valence-electron chi connectivity index (χ4n) is 3.52. The molecule has 2 heterocycles. The van der Waals surface area contributed by atoms with Crippen molar-refractivity contribution in [2.75, 3.05) is 0 Å². The Morgan fingerprint density at radius 1 is 0.966 bits per heavy atom. The van der Waals surface area contributed by atoms with Gasteiger partial charge in [0, 0.05) is 10.9 Å². The summed E-state index contributed by atoms with van der Waals surface area (Å²) in [6.07, 6.45) is 2.68. The summed E-state index contributed by atoms with van der Waals surface area (Å²) in [6.45, 7) is 9.28. The summed E-state index contributed by atoms with van der Waals surface area (Å²) in [6, 6.07) is 17.0. The number of aromatic nitrogens is 2. The van der Waals surface area contributed by atoms with Crippen LogP contribution in [0.5, 0.6) is 0 Å². The van der Waals surface area contributed by atoms with Crippen LogP contribution in [0.15, 0.2) is 65.0 Å². The van der Waals surface area contributed by atoms with Crippen LogP contribution in [-0.2, 0) is 18.4 Å². The summed E-state index contributed by atoms with van der Waals surface area (Å²) in [5.74, 6) is 0. The van der Waals surface area contributed by atoms with E-state index >= 15 is 0 Å². The Kier molecular flexibility index (Phi) is 5.13. The summed E-state index contributed by atoms with van der Waals surface area (Å²) < 4.78 is 1.71. The normalized spacial score (nSPS) is 11.9. The molecular weight excluding hydrogens is 376 g/mol. The number of thiophene rings is 1. The highest BCUT2D eigenvalue weighted by Crippen LogP contribution is 2.31. The Hall–Kier alpha value is -2.72. The van der Waals surface area contributed by atoms with Crippen LogP contribution in [0.4, 0.5) is 0 Å². The lowest BCUT2D eigenvalue weighted by Crippen LogP contribution is -2.21. The molecule has 29 heavy (non-hydrogen) atoms. The zero-order valence-corrected chi connectivity index (χ0v) is 18.2. The molecule has 2 aromatic heterocycles. The highest BCUT2D eigenvalue weighted by atomic mass is 32.1. The third-order valence-electron chi connectivity index (χ3n) is 5.41. The Bertz CT molecular complexity index is 1190. The maximum atomic E-state index is 13.3. The van der Waals surface area contributed by atoms with E-state index in [0.29, 0.717) is 11.9 Å². The molecule has 0 bridgehead atoms.